The SMILES string of the molecule is O=C(CN1CN(c2ccccc2)C2(CCN(C(=O)C3CCCCC3)CC2)C1=O)Nc1ccc(F)cc1. The van der Waals surface area contributed by atoms with Crippen molar-refractivity contribution in [1.29, 1.82) is 0 Å². The van der Waals surface area contributed by atoms with E-state index in [4.69, 9.17) is 0 Å². The number of carbonyl (C=O) groups is 3. The molecule has 1 saturated carbocycles. The molecule has 1 spiro atoms. The molecule has 0 radical (unpaired) electrons. The molecule has 0 unspecified atom stereocenters. The fourth-order valence-electron chi connectivity index (χ4n) is 5.93. The normalized spacial score (nSPS) is 20.1. The van der Waals surface area contributed by atoms with Gasteiger partial charge in [0.25, 0.3) is 5.91 Å². The van der Waals surface area contributed by atoms with Crippen molar-refractivity contribution >= 4 is 29.1 Å². The van der Waals surface area contributed by atoms with E-state index in [1.165, 1.54) is 30.7 Å². The molecule has 0 atom stereocenters. The van der Waals surface area contributed by atoms with Crippen molar-refractivity contribution < 1.29 is 18.8 Å². The van der Waals surface area contributed by atoms with E-state index in [-0.39, 0.29) is 36.0 Å². The molecule has 0 bridgehead atoms. The number of halogens is 1. The first-order valence-electron chi connectivity index (χ1n) is 12.9. The third kappa shape index (κ3) is 4.81. The molecule has 7 nitrogen and oxygen atoms in total. The maximum Gasteiger partial charge on any atom is 0.250 e. The van der Waals surface area contributed by atoms with Crippen LogP contribution in [0.1, 0.15) is 44.9 Å². The molecule has 36 heavy (non-hydrogen) atoms. The van der Waals surface area contributed by atoms with Gasteiger partial charge in [-0.3, -0.25) is 14.4 Å². The van der Waals surface area contributed by atoms with Crippen LogP contribution in [-0.4, -0.2) is 59.4 Å². The first-order valence-corrected chi connectivity index (χ1v) is 12.9. The van der Waals surface area contributed by atoms with Crippen LogP contribution in [-0.2, 0) is 14.4 Å². The van der Waals surface area contributed by atoms with E-state index < -0.39 is 5.54 Å². The number of nitrogens with one attached hydrogen (secondary N) is 1. The fourth-order valence-corrected chi connectivity index (χ4v) is 5.93. The maximum atomic E-state index is 13.8. The predicted octanol–water partition coefficient (Wildman–Crippen LogP) is 4.01. The number of amides is 3. The predicted molar refractivity (Wildman–Crippen MR) is 136 cm³/mol. The number of likely N-dealkylation sites (tertiary alicyclic amines) is 1. The summed E-state index contributed by atoms with van der Waals surface area (Å²) in [5.74, 6) is -0.437. The standard InChI is InChI=1S/C28H33FN4O3/c29-22-11-13-23(14-12-22)30-25(34)19-32-20-33(24-9-5-2-6-10-24)28(27(32)36)15-17-31(18-16-28)26(35)21-7-3-1-4-8-21/h2,5-6,9-14,21H,1,3-4,7-8,15-20H2,(H,30,34). The molecule has 190 valence electrons. The summed E-state index contributed by atoms with van der Waals surface area (Å²) >= 11 is 0. The molecular formula is C28H33FN4O3. The monoisotopic (exact) mass is 492 g/mol. The van der Waals surface area contributed by atoms with Crippen LogP contribution in [0.5, 0.6) is 0 Å². The average Bonchev–Trinajstić information content (AvgIpc) is 3.17. The molecular weight excluding hydrogens is 459 g/mol. The summed E-state index contributed by atoms with van der Waals surface area (Å²) < 4.78 is 13.2. The summed E-state index contributed by atoms with van der Waals surface area (Å²) in [6.45, 7) is 1.29. The molecule has 2 aromatic carbocycles. The highest BCUT2D eigenvalue weighted by Crippen LogP contribution is 2.40. The highest BCUT2D eigenvalue weighted by atomic mass is 19.1. The zero-order valence-corrected chi connectivity index (χ0v) is 20.5. The molecule has 8 heteroatoms. The quantitative estimate of drug-likeness (QED) is 0.685. The summed E-state index contributed by atoms with van der Waals surface area (Å²) in [5.41, 5.74) is 0.637. The van der Waals surface area contributed by atoms with Crippen molar-refractivity contribution in [2.45, 2.75) is 50.5 Å². The second-order valence-electron chi connectivity index (χ2n) is 10.2. The van der Waals surface area contributed by atoms with E-state index in [2.05, 4.69) is 10.2 Å². The van der Waals surface area contributed by atoms with Crippen LogP contribution in [0.25, 0.3) is 0 Å². The molecule has 2 saturated heterocycles. The van der Waals surface area contributed by atoms with Gasteiger partial charge in [0.05, 0.1) is 6.67 Å². The number of hydrogen-bond donors (Lipinski definition) is 1. The molecule has 5 rings (SSSR count). The summed E-state index contributed by atoms with van der Waals surface area (Å²) in [6, 6.07) is 15.3. The number of benzene rings is 2. The van der Waals surface area contributed by atoms with E-state index in [1.807, 2.05) is 35.2 Å². The summed E-state index contributed by atoms with van der Waals surface area (Å²) in [7, 11) is 0. The lowest BCUT2D eigenvalue weighted by Gasteiger charge is -2.44. The molecule has 1 N–H and O–H groups in total. The molecule has 2 aliphatic heterocycles. The van der Waals surface area contributed by atoms with Gasteiger partial charge < -0.3 is 20.0 Å². The molecule has 3 aliphatic rings. The number of carbonyl (C=O) groups excluding carboxylic acids is 3. The number of nitrogens with zero attached hydrogens (tertiary/aromatic N) is 3. The first kappa shape index (κ1) is 24.3. The van der Waals surface area contributed by atoms with E-state index in [0.29, 0.717) is 38.3 Å². The Morgan fingerprint density at radius 1 is 0.944 bits per heavy atom. The summed E-state index contributed by atoms with van der Waals surface area (Å²) in [6.07, 6.45) is 6.44. The Morgan fingerprint density at radius 3 is 2.28 bits per heavy atom. The Morgan fingerprint density at radius 2 is 1.61 bits per heavy atom. The van der Waals surface area contributed by atoms with Crippen molar-refractivity contribution in [3.63, 3.8) is 0 Å². The first-order chi connectivity index (χ1) is 17.5. The molecule has 2 aromatic rings. The van der Waals surface area contributed by atoms with Gasteiger partial charge >= 0.3 is 0 Å². The molecule has 1 aliphatic carbocycles. The van der Waals surface area contributed by atoms with Crippen LogP contribution in [0.15, 0.2) is 54.6 Å². The van der Waals surface area contributed by atoms with Crippen molar-refractivity contribution in [1.82, 2.24) is 9.80 Å². The lowest BCUT2D eigenvalue weighted by molar-refractivity contribution is -0.142. The van der Waals surface area contributed by atoms with Crippen LogP contribution < -0.4 is 10.2 Å². The van der Waals surface area contributed by atoms with Crippen LogP contribution in [0.2, 0.25) is 0 Å². The maximum absolute atomic E-state index is 13.8. The summed E-state index contributed by atoms with van der Waals surface area (Å²) in [4.78, 5) is 45.4. The zero-order chi connectivity index (χ0) is 25.1. The lowest BCUT2D eigenvalue weighted by atomic mass is 9.83. The minimum atomic E-state index is -0.777. The van der Waals surface area contributed by atoms with Crippen molar-refractivity contribution in [2.24, 2.45) is 5.92 Å². The number of piperidine rings is 1. The van der Waals surface area contributed by atoms with Crippen LogP contribution in [0.4, 0.5) is 15.8 Å². The smallest absolute Gasteiger partial charge is 0.250 e. The minimum Gasteiger partial charge on any atom is -0.342 e. The number of rotatable bonds is 5. The van der Waals surface area contributed by atoms with E-state index in [9.17, 15) is 18.8 Å². The van der Waals surface area contributed by atoms with Crippen LogP contribution in [0, 0.1) is 11.7 Å². The van der Waals surface area contributed by atoms with Crippen molar-refractivity contribution in [2.75, 3.05) is 36.5 Å². The molecule has 3 amide bonds. The van der Waals surface area contributed by atoms with Gasteiger partial charge in [0, 0.05) is 30.4 Å². The van der Waals surface area contributed by atoms with Gasteiger partial charge in [0.1, 0.15) is 17.9 Å². The Kier molecular flexibility index (Phi) is 6.94. The highest BCUT2D eigenvalue weighted by molar-refractivity contribution is 5.99. The topological polar surface area (TPSA) is 73.0 Å². The Hall–Kier alpha value is -3.42. The van der Waals surface area contributed by atoms with Gasteiger partial charge in [0.15, 0.2) is 0 Å². The van der Waals surface area contributed by atoms with Crippen LogP contribution in [0.3, 0.4) is 0 Å². The minimum absolute atomic E-state index is 0.0784. The van der Waals surface area contributed by atoms with Gasteiger partial charge in [-0.25, -0.2) is 4.39 Å². The van der Waals surface area contributed by atoms with Gasteiger partial charge in [-0.2, -0.15) is 0 Å². The average molecular weight is 493 g/mol. The Labute approximate surface area is 211 Å². The zero-order valence-electron chi connectivity index (χ0n) is 20.5. The molecule has 0 aromatic heterocycles. The van der Waals surface area contributed by atoms with E-state index in [1.54, 1.807) is 4.90 Å². The van der Waals surface area contributed by atoms with Gasteiger partial charge in [-0.1, -0.05) is 37.5 Å². The summed E-state index contributed by atoms with van der Waals surface area (Å²) in [5, 5.41) is 2.75. The number of hydrogen-bond acceptors (Lipinski definition) is 4. The van der Waals surface area contributed by atoms with Crippen LogP contribution >= 0.6 is 0 Å². The van der Waals surface area contributed by atoms with E-state index >= 15 is 0 Å². The lowest BCUT2D eigenvalue weighted by Crippen LogP contribution is -2.58. The highest BCUT2D eigenvalue weighted by Gasteiger charge is 2.54. The second kappa shape index (κ2) is 10.3. The third-order valence-electron chi connectivity index (χ3n) is 7.90. The third-order valence-corrected chi connectivity index (χ3v) is 7.90. The van der Waals surface area contributed by atoms with E-state index in [0.717, 1.165) is 31.4 Å². The largest absolute Gasteiger partial charge is 0.342 e. The molecule has 2 heterocycles. The second-order valence-corrected chi connectivity index (χ2v) is 10.2. The number of anilines is 2. The fraction of sp³-hybridized carbons (Fsp3) is 0.464. The van der Waals surface area contributed by atoms with Crippen molar-refractivity contribution in [3.8, 4) is 0 Å². The Balaban J connectivity index is 1.31. The van der Waals surface area contributed by atoms with Gasteiger partial charge in [0.2, 0.25) is 11.8 Å². The van der Waals surface area contributed by atoms with Gasteiger partial charge in [-0.15, -0.1) is 0 Å². The molecule has 3 fully saturated rings. The Bertz CT molecular complexity index is 1090. The number of para-hydroxylation sites is 1. The van der Waals surface area contributed by atoms with Crippen molar-refractivity contribution in [3.05, 3.63) is 60.4 Å². The van der Waals surface area contributed by atoms with Gasteiger partial charge in [-0.05, 0) is 62.1 Å².